The largest absolute Gasteiger partial charge is 0.474 e. The first-order valence-electron chi connectivity index (χ1n) is 11.6. The summed E-state index contributed by atoms with van der Waals surface area (Å²) in [5.74, 6) is -1.80. The molecule has 1 saturated heterocycles. The van der Waals surface area contributed by atoms with E-state index >= 15 is 0 Å². The third-order valence-corrected chi connectivity index (χ3v) is 7.06. The van der Waals surface area contributed by atoms with E-state index < -0.39 is 33.4 Å². The van der Waals surface area contributed by atoms with Crippen molar-refractivity contribution in [2.45, 2.75) is 57.2 Å². The first-order chi connectivity index (χ1) is 16.8. The van der Waals surface area contributed by atoms with Gasteiger partial charge in [0.1, 0.15) is 33.2 Å². The minimum atomic E-state index is -4.63. The maximum Gasteiger partial charge on any atom is 0.433 e. The Labute approximate surface area is 207 Å². The zero-order valence-corrected chi connectivity index (χ0v) is 20.9. The molecule has 11 heteroatoms. The minimum absolute atomic E-state index is 0.00417. The molecule has 6 nitrogen and oxygen atoms in total. The molecule has 0 amide bonds. The number of nitrogens with zero attached hydrogens (tertiary/aromatic N) is 1. The maximum atomic E-state index is 14.5. The Kier molecular flexibility index (Phi) is 9.10. The van der Waals surface area contributed by atoms with Gasteiger partial charge < -0.3 is 9.47 Å². The van der Waals surface area contributed by atoms with Crippen molar-refractivity contribution in [2.24, 2.45) is 0 Å². The molecule has 1 unspecified atom stereocenters. The summed E-state index contributed by atoms with van der Waals surface area (Å²) >= 11 is 0. The van der Waals surface area contributed by atoms with Crippen molar-refractivity contribution in [3.05, 3.63) is 58.5 Å². The van der Waals surface area contributed by atoms with Gasteiger partial charge in [-0.3, -0.25) is 4.79 Å². The van der Waals surface area contributed by atoms with Crippen molar-refractivity contribution in [2.75, 3.05) is 25.2 Å². The fraction of sp³-hybridized carbons (Fsp3) is 0.520. The van der Waals surface area contributed by atoms with Crippen LogP contribution in [0.5, 0.6) is 5.88 Å². The molecular formula is C25H29F4NO5S. The monoisotopic (exact) mass is 531 g/mol. The van der Waals surface area contributed by atoms with Gasteiger partial charge in [0.15, 0.2) is 0 Å². The second-order valence-corrected chi connectivity index (χ2v) is 11.3. The number of hydrogen-bond donors (Lipinski definition) is 0. The molecule has 0 spiro atoms. The number of aromatic nitrogens is 1. The van der Waals surface area contributed by atoms with Crippen LogP contribution < -0.4 is 4.74 Å². The average Bonchev–Trinajstić information content (AvgIpc) is 2.81. The Morgan fingerprint density at radius 3 is 2.42 bits per heavy atom. The number of aryl methyl sites for hydroxylation is 2. The second-order valence-electron chi connectivity index (χ2n) is 9.01. The molecule has 0 bridgehead atoms. The quantitative estimate of drug-likeness (QED) is 0.414. The predicted molar refractivity (Wildman–Crippen MR) is 125 cm³/mol. The van der Waals surface area contributed by atoms with Crippen molar-refractivity contribution in [1.29, 1.82) is 0 Å². The summed E-state index contributed by atoms with van der Waals surface area (Å²) in [6.07, 6.45) is -2.69. The van der Waals surface area contributed by atoms with Crippen LogP contribution in [-0.4, -0.2) is 50.5 Å². The highest BCUT2D eigenvalue weighted by molar-refractivity contribution is 7.90. The number of benzene rings is 1. The van der Waals surface area contributed by atoms with Crippen LogP contribution in [0.15, 0.2) is 30.3 Å². The van der Waals surface area contributed by atoms with Crippen LogP contribution in [0, 0.1) is 5.82 Å². The lowest BCUT2D eigenvalue weighted by atomic mass is 9.92. The van der Waals surface area contributed by atoms with Crippen molar-refractivity contribution >= 4 is 15.6 Å². The molecule has 0 N–H and O–H groups in total. The standard InChI is InChI=1S/C25H29F4NO5S/c1-16(19-4-3-17(21(26)15-19)11-14-36(2,32)33)22(31)7-5-18-6-8-23(25(27,28)29)30-24(18)35-20-9-12-34-13-10-20/h3-4,6,8,15-16,20H,5,7,9-14H2,1-2H3. The Morgan fingerprint density at radius 1 is 1.14 bits per heavy atom. The molecular weight excluding hydrogens is 502 g/mol. The number of hydrogen-bond acceptors (Lipinski definition) is 6. The van der Waals surface area contributed by atoms with Gasteiger partial charge in [-0.25, -0.2) is 17.8 Å². The van der Waals surface area contributed by atoms with Crippen molar-refractivity contribution in [1.82, 2.24) is 4.98 Å². The Hall–Kier alpha value is -2.53. The molecule has 1 atom stereocenters. The van der Waals surface area contributed by atoms with Crippen LogP contribution in [0.2, 0.25) is 0 Å². The minimum Gasteiger partial charge on any atom is -0.474 e. The predicted octanol–water partition coefficient (Wildman–Crippen LogP) is 4.69. The van der Waals surface area contributed by atoms with E-state index in [0.717, 1.165) is 12.3 Å². The normalized spacial score (nSPS) is 16.1. The summed E-state index contributed by atoms with van der Waals surface area (Å²) in [4.78, 5) is 16.5. The van der Waals surface area contributed by atoms with Crippen LogP contribution in [-0.2, 0) is 38.4 Å². The van der Waals surface area contributed by atoms with Crippen molar-refractivity contribution in [3.8, 4) is 5.88 Å². The van der Waals surface area contributed by atoms with E-state index in [9.17, 15) is 30.8 Å². The number of carbonyl (C=O) groups is 1. The number of pyridine rings is 1. The number of ketones is 1. The lowest BCUT2D eigenvalue weighted by Gasteiger charge is -2.24. The van der Waals surface area contributed by atoms with Crippen LogP contribution in [0.25, 0.3) is 0 Å². The highest BCUT2D eigenvalue weighted by atomic mass is 32.2. The number of Topliss-reactive ketones (excluding diaryl/α,β-unsaturated/α-hetero) is 1. The zero-order valence-electron chi connectivity index (χ0n) is 20.1. The molecule has 3 rings (SSSR count). The third kappa shape index (κ3) is 7.99. The summed E-state index contributed by atoms with van der Waals surface area (Å²) in [6, 6.07) is 6.42. The van der Waals surface area contributed by atoms with Gasteiger partial charge in [0.05, 0.1) is 19.0 Å². The third-order valence-electron chi connectivity index (χ3n) is 6.12. The molecule has 1 aromatic carbocycles. The molecule has 0 saturated carbocycles. The number of rotatable bonds is 10. The van der Waals surface area contributed by atoms with Gasteiger partial charge in [-0.15, -0.1) is 0 Å². The van der Waals surface area contributed by atoms with E-state index in [1.807, 2.05) is 0 Å². The van der Waals surface area contributed by atoms with Crippen LogP contribution in [0.4, 0.5) is 17.6 Å². The molecule has 2 heterocycles. The molecule has 1 aliphatic rings. The zero-order chi connectivity index (χ0) is 26.5. The van der Waals surface area contributed by atoms with Crippen LogP contribution in [0.1, 0.15) is 54.5 Å². The summed E-state index contributed by atoms with van der Waals surface area (Å²) in [5, 5.41) is 0. The van der Waals surface area contributed by atoms with E-state index in [1.54, 1.807) is 13.0 Å². The number of halogens is 4. The topological polar surface area (TPSA) is 82.6 Å². The maximum absolute atomic E-state index is 14.5. The van der Waals surface area contributed by atoms with Gasteiger partial charge in [-0.1, -0.05) is 25.1 Å². The molecule has 0 radical (unpaired) electrons. The summed E-state index contributed by atoms with van der Waals surface area (Å²) in [6.45, 7) is 2.51. The van der Waals surface area contributed by atoms with E-state index in [1.165, 1.54) is 18.2 Å². The van der Waals surface area contributed by atoms with Crippen LogP contribution >= 0.6 is 0 Å². The number of alkyl halides is 3. The molecule has 0 aliphatic carbocycles. The fourth-order valence-electron chi connectivity index (χ4n) is 3.86. The molecule has 2 aromatic rings. The van der Waals surface area contributed by atoms with Gasteiger partial charge in [-0.05, 0) is 36.1 Å². The van der Waals surface area contributed by atoms with E-state index in [-0.39, 0.29) is 48.3 Å². The fourth-order valence-corrected chi connectivity index (χ4v) is 4.45. The average molecular weight is 532 g/mol. The van der Waals surface area contributed by atoms with Crippen LogP contribution in [0.3, 0.4) is 0 Å². The molecule has 1 fully saturated rings. The summed E-state index contributed by atoms with van der Waals surface area (Å²) < 4.78 is 87.8. The lowest BCUT2D eigenvalue weighted by molar-refractivity contribution is -0.141. The lowest BCUT2D eigenvalue weighted by Crippen LogP contribution is -2.27. The SMILES string of the molecule is CC(C(=O)CCc1ccc(C(F)(F)F)nc1OC1CCOCC1)c1ccc(CCS(C)(=O)=O)c(F)c1. The van der Waals surface area contributed by atoms with Crippen molar-refractivity contribution in [3.63, 3.8) is 0 Å². The van der Waals surface area contributed by atoms with Gasteiger partial charge in [0.25, 0.3) is 0 Å². The first-order valence-corrected chi connectivity index (χ1v) is 13.7. The Bertz CT molecular complexity index is 1180. The van der Waals surface area contributed by atoms with Gasteiger partial charge in [0, 0.05) is 37.0 Å². The van der Waals surface area contributed by atoms with Gasteiger partial charge in [0.2, 0.25) is 5.88 Å². The highest BCUT2D eigenvalue weighted by Gasteiger charge is 2.34. The van der Waals surface area contributed by atoms with E-state index in [4.69, 9.17) is 9.47 Å². The summed E-state index contributed by atoms with van der Waals surface area (Å²) in [5.41, 5.74) is -0.00354. The Morgan fingerprint density at radius 2 is 1.81 bits per heavy atom. The highest BCUT2D eigenvalue weighted by Crippen LogP contribution is 2.32. The smallest absolute Gasteiger partial charge is 0.433 e. The van der Waals surface area contributed by atoms with E-state index in [0.29, 0.717) is 37.2 Å². The van der Waals surface area contributed by atoms with Gasteiger partial charge >= 0.3 is 6.18 Å². The van der Waals surface area contributed by atoms with E-state index in [2.05, 4.69) is 4.98 Å². The second kappa shape index (κ2) is 11.7. The van der Waals surface area contributed by atoms with Gasteiger partial charge in [-0.2, -0.15) is 13.2 Å². The number of sulfone groups is 1. The van der Waals surface area contributed by atoms with Crippen molar-refractivity contribution < 1.29 is 40.2 Å². The molecule has 1 aromatic heterocycles. The number of carbonyl (C=O) groups excluding carboxylic acids is 1. The Balaban J connectivity index is 1.70. The molecule has 1 aliphatic heterocycles. The summed E-state index contributed by atoms with van der Waals surface area (Å²) in [7, 11) is -3.24. The molecule has 36 heavy (non-hydrogen) atoms. The first kappa shape index (κ1) is 28.0. The number of ether oxygens (including phenoxy) is 2. The molecule has 198 valence electrons.